The Morgan fingerprint density at radius 1 is 1.32 bits per heavy atom. The van der Waals surface area contributed by atoms with Gasteiger partial charge in [-0.2, -0.15) is 5.26 Å². The Labute approximate surface area is 116 Å². The Bertz CT molecular complexity index is 463. The molecule has 0 fully saturated rings. The molecule has 1 aliphatic carbocycles. The molecule has 0 bridgehead atoms. The molecular formula is C17H23NO. The number of hydrogen-bond donors (Lipinski definition) is 1. The number of rotatable bonds is 6. The fourth-order valence-electron chi connectivity index (χ4n) is 3.19. The van der Waals surface area contributed by atoms with E-state index >= 15 is 0 Å². The Kier molecular flexibility index (Phi) is 4.61. The number of unbranched alkanes of at least 4 members (excludes halogenated alkanes) is 3. The quantitative estimate of drug-likeness (QED) is 0.789. The van der Waals surface area contributed by atoms with Crippen molar-refractivity contribution in [2.45, 2.75) is 63.4 Å². The number of nitriles is 1. The zero-order chi connectivity index (χ0) is 13.7. The van der Waals surface area contributed by atoms with Gasteiger partial charge in [0.1, 0.15) is 5.41 Å². The number of benzene rings is 1. The third kappa shape index (κ3) is 2.67. The molecule has 1 aromatic rings. The van der Waals surface area contributed by atoms with Crippen molar-refractivity contribution in [2.75, 3.05) is 0 Å². The van der Waals surface area contributed by atoms with Crippen LogP contribution in [0.4, 0.5) is 0 Å². The molecule has 102 valence electrons. The van der Waals surface area contributed by atoms with Gasteiger partial charge in [0.25, 0.3) is 0 Å². The molecule has 1 aliphatic rings. The Morgan fingerprint density at radius 2 is 2.11 bits per heavy atom. The summed E-state index contributed by atoms with van der Waals surface area (Å²) < 4.78 is 0. The summed E-state index contributed by atoms with van der Waals surface area (Å²) in [5, 5.41) is 20.1. The molecule has 0 saturated heterocycles. The number of hydrogen-bond acceptors (Lipinski definition) is 2. The molecule has 0 heterocycles. The van der Waals surface area contributed by atoms with E-state index in [9.17, 15) is 10.4 Å². The lowest BCUT2D eigenvalue weighted by Gasteiger charge is -2.28. The smallest absolute Gasteiger partial charge is 0.109 e. The van der Waals surface area contributed by atoms with Gasteiger partial charge >= 0.3 is 0 Å². The van der Waals surface area contributed by atoms with Crippen molar-refractivity contribution in [2.24, 2.45) is 0 Å². The van der Waals surface area contributed by atoms with Crippen LogP contribution in [0.3, 0.4) is 0 Å². The maximum Gasteiger partial charge on any atom is 0.109 e. The number of fused-ring (bicyclic) bond motifs is 1. The Balaban J connectivity index is 2.10. The van der Waals surface area contributed by atoms with Crippen molar-refractivity contribution in [1.82, 2.24) is 0 Å². The first-order chi connectivity index (χ1) is 9.24. The molecule has 2 nitrogen and oxygen atoms in total. The van der Waals surface area contributed by atoms with E-state index in [1.165, 1.54) is 18.4 Å². The van der Waals surface area contributed by atoms with Gasteiger partial charge in [-0.05, 0) is 30.4 Å². The molecule has 0 radical (unpaired) electrons. The molecule has 0 saturated carbocycles. The molecule has 0 aromatic heterocycles. The molecule has 0 spiro atoms. The number of aliphatic hydroxyl groups excluding tert-OH is 1. The topological polar surface area (TPSA) is 44.0 Å². The summed E-state index contributed by atoms with van der Waals surface area (Å²) in [6, 6.07) is 10.5. The van der Waals surface area contributed by atoms with Gasteiger partial charge in [0.15, 0.2) is 0 Å². The predicted octanol–water partition coefficient (Wildman–Crippen LogP) is 3.73. The van der Waals surface area contributed by atoms with Crippen LogP contribution in [0.5, 0.6) is 0 Å². The molecule has 0 amide bonds. The molecule has 2 atom stereocenters. The van der Waals surface area contributed by atoms with Crippen LogP contribution in [0.1, 0.15) is 56.6 Å². The van der Waals surface area contributed by atoms with Crippen LogP contribution in [0.25, 0.3) is 0 Å². The molecule has 2 heteroatoms. The average Bonchev–Trinajstić information content (AvgIpc) is 2.83. The largest absolute Gasteiger partial charge is 0.391 e. The van der Waals surface area contributed by atoms with E-state index < -0.39 is 11.5 Å². The highest BCUT2D eigenvalue weighted by Crippen LogP contribution is 2.42. The van der Waals surface area contributed by atoms with E-state index in [1.54, 1.807) is 0 Å². The molecule has 2 rings (SSSR count). The summed E-state index contributed by atoms with van der Waals surface area (Å²) in [7, 11) is 0. The summed E-state index contributed by atoms with van der Waals surface area (Å²) in [6.07, 6.45) is 6.45. The van der Waals surface area contributed by atoms with Crippen LogP contribution in [-0.2, 0) is 11.8 Å². The van der Waals surface area contributed by atoms with Gasteiger partial charge < -0.3 is 5.11 Å². The minimum Gasteiger partial charge on any atom is -0.391 e. The van der Waals surface area contributed by atoms with Crippen LogP contribution in [0.2, 0.25) is 0 Å². The summed E-state index contributed by atoms with van der Waals surface area (Å²) in [5.74, 6) is 0. The third-order valence-electron chi connectivity index (χ3n) is 4.39. The van der Waals surface area contributed by atoms with Crippen LogP contribution >= 0.6 is 0 Å². The maximum atomic E-state index is 10.5. The predicted molar refractivity (Wildman–Crippen MR) is 76.8 cm³/mol. The van der Waals surface area contributed by atoms with E-state index in [2.05, 4.69) is 19.1 Å². The van der Waals surface area contributed by atoms with Gasteiger partial charge in [-0.25, -0.2) is 0 Å². The van der Waals surface area contributed by atoms with Crippen molar-refractivity contribution in [3.63, 3.8) is 0 Å². The van der Waals surface area contributed by atoms with Crippen LogP contribution in [0.15, 0.2) is 24.3 Å². The van der Waals surface area contributed by atoms with Crippen molar-refractivity contribution < 1.29 is 5.11 Å². The summed E-state index contributed by atoms with van der Waals surface area (Å²) in [5.41, 5.74) is 1.63. The second kappa shape index (κ2) is 6.21. The van der Waals surface area contributed by atoms with Crippen molar-refractivity contribution in [3.8, 4) is 6.07 Å². The second-order valence-electron chi connectivity index (χ2n) is 5.61. The first-order valence-corrected chi connectivity index (χ1v) is 7.42. The van der Waals surface area contributed by atoms with E-state index in [1.807, 2.05) is 18.2 Å². The summed E-state index contributed by atoms with van der Waals surface area (Å²) >= 11 is 0. The number of aryl methyl sites for hydroxylation is 1. The van der Waals surface area contributed by atoms with Gasteiger partial charge in [0.05, 0.1) is 12.2 Å². The highest BCUT2D eigenvalue weighted by molar-refractivity contribution is 5.45. The molecule has 19 heavy (non-hydrogen) atoms. The summed E-state index contributed by atoms with van der Waals surface area (Å²) in [4.78, 5) is 0. The minimum absolute atomic E-state index is 0.530. The monoisotopic (exact) mass is 257 g/mol. The third-order valence-corrected chi connectivity index (χ3v) is 4.39. The highest BCUT2D eigenvalue weighted by atomic mass is 16.3. The van der Waals surface area contributed by atoms with Crippen LogP contribution in [-0.4, -0.2) is 11.2 Å². The Hall–Kier alpha value is -1.33. The van der Waals surface area contributed by atoms with E-state index in [-0.39, 0.29) is 0 Å². The lowest BCUT2D eigenvalue weighted by Crippen LogP contribution is -2.36. The van der Waals surface area contributed by atoms with Crippen molar-refractivity contribution in [3.05, 3.63) is 35.4 Å². The molecule has 0 aliphatic heterocycles. The number of nitrogens with zero attached hydrogens (tertiary/aromatic N) is 1. The average molecular weight is 257 g/mol. The maximum absolute atomic E-state index is 10.5. The fourth-order valence-corrected chi connectivity index (χ4v) is 3.19. The lowest BCUT2D eigenvalue weighted by molar-refractivity contribution is 0.0982. The van der Waals surface area contributed by atoms with Gasteiger partial charge in [-0.1, -0.05) is 56.9 Å². The SMILES string of the molecule is CCCCCCC(O)C1(C#N)CCc2ccccc21. The van der Waals surface area contributed by atoms with Crippen LogP contribution in [0, 0.1) is 11.3 Å². The normalized spacial score (nSPS) is 22.8. The van der Waals surface area contributed by atoms with Gasteiger partial charge in [-0.15, -0.1) is 0 Å². The molecule has 2 unspecified atom stereocenters. The first-order valence-electron chi connectivity index (χ1n) is 7.42. The summed E-state index contributed by atoms with van der Waals surface area (Å²) in [6.45, 7) is 2.18. The van der Waals surface area contributed by atoms with Gasteiger partial charge in [0, 0.05) is 0 Å². The highest BCUT2D eigenvalue weighted by Gasteiger charge is 2.44. The standard InChI is InChI=1S/C17H23NO/c1-2-3-4-5-10-16(19)17(13-18)12-11-14-8-6-7-9-15(14)17/h6-9,16,19H,2-5,10-12H2,1H3. The van der Waals surface area contributed by atoms with E-state index in [4.69, 9.17) is 0 Å². The van der Waals surface area contributed by atoms with Gasteiger partial charge in [0.2, 0.25) is 0 Å². The zero-order valence-electron chi connectivity index (χ0n) is 11.7. The van der Waals surface area contributed by atoms with Crippen molar-refractivity contribution >= 4 is 0 Å². The van der Waals surface area contributed by atoms with E-state index in [0.29, 0.717) is 0 Å². The van der Waals surface area contributed by atoms with Gasteiger partial charge in [-0.3, -0.25) is 0 Å². The zero-order valence-corrected chi connectivity index (χ0v) is 11.7. The first kappa shape index (κ1) is 14.1. The van der Waals surface area contributed by atoms with E-state index in [0.717, 1.165) is 37.7 Å². The molecule has 1 aromatic carbocycles. The lowest BCUT2D eigenvalue weighted by atomic mass is 9.76. The fraction of sp³-hybridized carbons (Fsp3) is 0.588. The minimum atomic E-state index is -0.664. The number of aliphatic hydroxyl groups is 1. The second-order valence-corrected chi connectivity index (χ2v) is 5.61. The van der Waals surface area contributed by atoms with Crippen molar-refractivity contribution in [1.29, 1.82) is 5.26 Å². The molecular weight excluding hydrogens is 234 g/mol. The Morgan fingerprint density at radius 3 is 2.84 bits per heavy atom. The molecule has 1 N–H and O–H groups in total. The van der Waals surface area contributed by atoms with Crippen LogP contribution < -0.4 is 0 Å².